The van der Waals surface area contributed by atoms with E-state index in [0.29, 0.717) is 5.92 Å². The third-order valence-corrected chi connectivity index (χ3v) is 2.65. The van der Waals surface area contributed by atoms with Crippen molar-refractivity contribution in [1.82, 2.24) is 20.2 Å². The standard InChI is InChI=1S/C14H27N5O.HI/c1-13(2)11-20-10-4-5-17-14(15-3)18-7-9-19-8-6-16-12-19;/h6,8,12-13H,4-5,7,9-11H2,1-3H3,(H2,15,17,18);1H. The highest BCUT2D eigenvalue weighted by atomic mass is 127. The Morgan fingerprint density at radius 2 is 2.10 bits per heavy atom. The maximum absolute atomic E-state index is 5.53. The molecule has 0 spiro atoms. The summed E-state index contributed by atoms with van der Waals surface area (Å²) >= 11 is 0. The van der Waals surface area contributed by atoms with E-state index in [2.05, 4.69) is 34.5 Å². The van der Waals surface area contributed by atoms with Gasteiger partial charge in [-0.05, 0) is 12.3 Å². The molecular formula is C14H28IN5O. The molecular weight excluding hydrogens is 381 g/mol. The summed E-state index contributed by atoms with van der Waals surface area (Å²) in [4.78, 5) is 8.19. The van der Waals surface area contributed by atoms with E-state index in [1.54, 1.807) is 13.2 Å². The van der Waals surface area contributed by atoms with E-state index in [9.17, 15) is 0 Å². The van der Waals surface area contributed by atoms with E-state index in [4.69, 9.17) is 4.74 Å². The number of imidazole rings is 1. The number of hydrogen-bond donors (Lipinski definition) is 2. The van der Waals surface area contributed by atoms with Crippen molar-refractivity contribution >= 4 is 29.9 Å². The van der Waals surface area contributed by atoms with E-state index >= 15 is 0 Å². The van der Waals surface area contributed by atoms with Crippen LogP contribution in [0.5, 0.6) is 0 Å². The van der Waals surface area contributed by atoms with Crippen LogP contribution in [0.4, 0.5) is 0 Å². The lowest BCUT2D eigenvalue weighted by Gasteiger charge is -2.12. The Morgan fingerprint density at radius 1 is 1.33 bits per heavy atom. The number of nitrogens with one attached hydrogen (secondary N) is 2. The summed E-state index contributed by atoms with van der Waals surface area (Å²) in [6.45, 7) is 8.49. The van der Waals surface area contributed by atoms with Crippen LogP contribution >= 0.6 is 24.0 Å². The fraction of sp³-hybridized carbons (Fsp3) is 0.714. The van der Waals surface area contributed by atoms with Gasteiger partial charge in [-0.1, -0.05) is 13.8 Å². The molecule has 0 aliphatic carbocycles. The first-order valence-corrected chi connectivity index (χ1v) is 7.20. The monoisotopic (exact) mass is 409 g/mol. The zero-order valence-corrected chi connectivity index (χ0v) is 15.5. The van der Waals surface area contributed by atoms with Crippen LogP contribution in [0.25, 0.3) is 0 Å². The number of aromatic nitrogens is 2. The van der Waals surface area contributed by atoms with Gasteiger partial charge in [0.15, 0.2) is 5.96 Å². The van der Waals surface area contributed by atoms with E-state index in [-0.39, 0.29) is 24.0 Å². The van der Waals surface area contributed by atoms with Crippen molar-refractivity contribution in [2.45, 2.75) is 26.8 Å². The molecule has 0 fully saturated rings. The molecule has 1 heterocycles. The van der Waals surface area contributed by atoms with Crippen LogP contribution in [-0.4, -0.2) is 48.9 Å². The molecule has 1 aromatic rings. The Labute approximate surface area is 144 Å². The third-order valence-electron chi connectivity index (χ3n) is 2.65. The molecule has 0 amide bonds. The number of ether oxygens (including phenoxy) is 1. The predicted octanol–water partition coefficient (Wildman–Crippen LogP) is 1.73. The fourth-order valence-corrected chi connectivity index (χ4v) is 1.64. The largest absolute Gasteiger partial charge is 0.381 e. The highest BCUT2D eigenvalue weighted by Gasteiger charge is 1.98. The molecule has 1 rings (SSSR count). The SMILES string of the molecule is CN=C(NCCCOCC(C)C)NCCn1ccnc1.I. The quantitative estimate of drug-likeness (QED) is 0.282. The average molecular weight is 409 g/mol. The first kappa shape index (κ1) is 20.2. The van der Waals surface area contributed by atoms with Gasteiger partial charge in [0.2, 0.25) is 0 Å². The minimum absolute atomic E-state index is 0. The summed E-state index contributed by atoms with van der Waals surface area (Å²) in [6.07, 6.45) is 6.52. The zero-order chi connectivity index (χ0) is 14.6. The maximum atomic E-state index is 5.53. The molecule has 2 N–H and O–H groups in total. The van der Waals surface area contributed by atoms with Crippen molar-refractivity contribution in [1.29, 1.82) is 0 Å². The van der Waals surface area contributed by atoms with Gasteiger partial charge >= 0.3 is 0 Å². The smallest absolute Gasteiger partial charge is 0.191 e. The molecule has 7 heteroatoms. The Kier molecular flexibility index (Phi) is 12.4. The van der Waals surface area contributed by atoms with E-state index in [1.807, 2.05) is 17.1 Å². The number of hydrogen-bond acceptors (Lipinski definition) is 3. The van der Waals surface area contributed by atoms with Gasteiger partial charge in [0, 0.05) is 52.3 Å². The van der Waals surface area contributed by atoms with E-state index < -0.39 is 0 Å². The number of halogens is 1. The Balaban J connectivity index is 0.00000400. The van der Waals surface area contributed by atoms with Gasteiger partial charge in [-0.3, -0.25) is 4.99 Å². The van der Waals surface area contributed by atoms with Crippen LogP contribution in [0.1, 0.15) is 20.3 Å². The van der Waals surface area contributed by atoms with E-state index in [1.165, 1.54) is 0 Å². The second-order valence-corrected chi connectivity index (χ2v) is 5.05. The van der Waals surface area contributed by atoms with E-state index in [0.717, 1.165) is 45.2 Å². The summed E-state index contributed by atoms with van der Waals surface area (Å²) in [5.41, 5.74) is 0. The summed E-state index contributed by atoms with van der Waals surface area (Å²) in [7, 11) is 1.78. The summed E-state index contributed by atoms with van der Waals surface area (Å²) < 4.78 is 7.56. The average Bonchev–Trinajstić information content (AvgIpc) is 2.93. The molecule has 122 valence electrons. The summed E-state index contributed by atoms with van der Waals surface area (Å²) in [6, 6.07) is 0. The van der Waals surface area contributed by atoms with Gasteiger partial charge < -0.3 is 19.9 Å². The molecule has 21 heavy (non-hydrogen) atoms. The molecule has 0 aromatic carbocycles. The van der Waals surface area contributed by atoms with Crippen LogP contribution < -0.4 is 10.6 Å². The Hall–Kier alpha value is -0.830. The highest BCUT2D eigenvalue weighted by Crippen LogP contribution is 1.92. The Bertz CT molecular complexity index is 367. The number of nitrogens with zero attached hydrogens (tertiary/aromatic N) is 3. The number of aliphatic imine (C=N–C) groups is 1. The van der Waals surface area contributed by atoms with Gasteiger partial charge in [0.1, 0.15) is 0 Å². The second-order valence-electron chi connectivity index (χ2n) is 5.05. The third kappa shape index (κ3) is 10.5. The minimum Gasteiger partial charge on any atom is -0.381 e. The van der Waals surface area contributed by atoms with Crippen LogP contribution in [0.15, 0.2) is 23.7 Å². The lowest BCUT2D eigenvalue weighted by molar-refractivity contribution is 0.108. The zero-order valence-electron chi connectivity index (χ0n) is 13.2. The predicted molar refractivity (Wildman–Crippen MR) is 97.3 cm³/mol. The van der Waals surface area contributed by atoms with Crippen molar-refractivity contribution < 1.29 is 4.74 Å². The molecule has 0 atom stereocenters. The molecule has 0 aliphatic heterocycles. The fourth-order valence-electron chi connectivity index (χ4n) is 1.64. The molecule has 6 nitrogen and oxygen atoms in total. The first-order valence-electron chi connectivity index (χ1n) is 7.20. The minimum atomic E-state index is 0. The molecule has 0 aliphatic rings. The first-order chi connectivity index (χ1) is 9.72. The lowest BCUT2D eigenvalue weighted by Crippen LogP contribution is -2.39. The molecule has 0 saturated heterocycles. The van der Waals surface area contributed by atoms with Gasteiger partial charge in [0.25, 0.3) is 0 Å². The topological polar surface area (TPSA) is 63.5 Å². The van der Waals surface area contributed by atoms with Gasteiger partial charge in [0.05, 0.1) is 6.33 Å². The highest BCUT2D eigenvalue weighted by molar-refractivity contribution is 14.0. The second kappa shape index (κ2) is 12.9. The van der Waals surface area contributed by atoms with Crippen LogP contribution in [0.2, 0.25) is 0 Å². The molecule has 0 saturated carbocycles. The molecule has 1 aromatic heterocycles. The van der Waals surface area contributed by atoms with Crippen molar-refractivity contribution in [2.24, 2.45) is 10.9 Å². The Morgan fingerprint density at radius 3 is 2.71 bits per heavy atom. The van der Waals surface area contributed by atoms with Gasteiger partial charge in [-0.25, -0.2) is 4.98 Å². The van der Waals surface area contributed by atoms with Crippen molar-refractivity contribution in [2.75, 3.05) is 33.4 Å². The van der Waals surface area contributed by atoms with Gasteiger partial charge in [-0.2, -0.15) is 0 Å². The van der Waals surface area contributed by atoms with Crippen LogP contribution in [-0.2, 0) is 11.3 Å². The normalized spacial score (nSPS) is 11.3. The van der Waals surface area contributed by atoms with Crippen molar-refractivity contribution in [3.05, 3.63) is 18.7 Å². The van der Waals surface area contributed by atoms with Crippen molar-refractivity contribution in [3.8, 4) is 0 Å². The summed E-state index contributed by atoms with van der Waals surface area (Å²) in [5.74, 6) is 1.43. The molecule has 0 unspecified atom stereocenters. The number of rotatable bonds is 9. The summed E-state index contributed by atoms with van der Waals surface area (Å²) in [5, 5.41) is 6.54. The lowest BCUT2D eigenvalue weighted by atomic mass is 10.2. The van der Waals surface area contributed by atoms with Crippen LogP contribution in [0, 0.1) is 5.92 Å². The van der Waals surface area contributed by atoms with Crippen molar-refractivity contribution in [3.63, 3.8) is 0 Å². The van der Waals surface area contributed by atoms with Crippen LogP contribution in [0.3, 0.4) is 0 Å². The molecule has 0 bridgehead atoms. The number of guanidine groups is 1. The van der Waals surface area contributed by atoms with Gasteiger partial charge in [-0.15, -0.1) is 24.0 Å². The maximum Gasteiger partial charge on any atom is 0.191 e. The molecule has 0 radical (unpaired) electrons.